The average molecular weight is 324 g/mol. The first kappa shape index (κ1) is 18.0. The molecule has 1 heteroatoms. The molecule has 2 aromatic carbocycles. The molecule has 0 aliphatic heterocycles. The highest BCUT2D eigenvalue weighted by Gasteiger charge is 2.37. The van der Waals surface area contributed by atoms with Crippen molar-refractivity contribution in [1.82, 2.24) is 0 Å². The lowest BCUT2D eigenvalue weighted by Gasteiger charge is -2.43. The highest BCUT2D eigenvalue weighted by atomic mass is 31.1. The van der Waals surface area contributed by atoms with Gasteiger partial charge in [0.15, 0.2) is 0 Å². The minimum Gasteiger partial charge on any atom is -0.0636 e. The van der Waals surface area contributed by atoms with Crippen LogP contribution in [0.1, 0.15) is 52.7 Å². The molecular formula is C22H29P. The summed E-state index contributed by atoms with van der Waals surface area (Å²) in [5.74, 6) is 0. The van der Waals surface area contributed by atoms with Crippen molar-refractivity contribution in [2.24, 2.45) is 0 Å². The highest BCUT2D eigenvalue weighted by Crippen LogP contribution is 2.68. The van der Waals surface area contributed by atoms with E-state index >= 15 is 0 Å². The van der Waals surface area contributed by atoms with Crippen molar-refractivity contribution in [3.63, 3.8) is 0 Å². The van der Waals surface area contributed by atoms with Gasteiger partial charge in [-0.15, -0.1) is 0 Å². The highest BCUT2D eigenvalue weighted by molar-refractivity contribution is 7.71. The van der Waals surface area contributed by atoms with Crippen LogP contribution >= 0.6 is 7.92 Å². The molecule has 0 nitrogen and oxygen atoms in total. The van der Waals surface area contributed by atoms with Crippen LogP contribution in [0.5, 0.6) is 0 Å². The van der Waals surface area contributed by atoms with Crippen LogP contribution in [0.25, 0.3) is 11.4 Å². The van der Waals surface area contributed by atoms with Gasteiger partial charge in [-0.1, -0.05) is 110 Å². The number of rotatable bonds is 3. The third-order valence-corrected chi connectivity index (χ3v) is 7.31. The molecule has 2 rings (SSSR count). The molecule has 0 aromatic heterocycles. The van der Waals surface area contributed by atoms with Crippen molar-refractivity contribution < 1.29 is 0 Å². The Hall–Kier alpha value is -1.39. The first-order valence-electron chi connectivity index (χ1n) is 8.32. The first-order chi connectivity index (χ1) is 10.7. The molecule has 0 heterocycles. The van der Waals surface area contributed by atoms with Gasteiger partial charge < -0.3 is 0 Å². The molecule has 0 saturated carbocycles. The van der Waals surface area contributed by atoms with E-state index in [9.17, 15) is 0 Å². The van der Waals surface area contributed by atoms with Crippen molar-refractivity contribution in [2.45, 2.75) is 51.9 Å². The first-order valence-corrected chi connectivity index (χ1v) is 9.66. The van der Waals surface area contributed by atoms with E-state index in [1.807, 2.05) is 0 Å². The molecule has 0 N–H and O–H groups in total. The summed E-state index contributed by atoms with van der Waals surface area (Å²) in [6.45, 7) is 14.3. The maximum atomic E-state index is 2.40. The maximum Gasteiger partial charge on any atom is -0.0134 e. The number of hydrogen-bond acceptors (Lipinski definition) is 0. The summed E-state index contributed by atoms with van der Waals surface area (Å²) in [6, 6.07) is 21.6. The van der Waals surface area contributed by atoms with Crippen LogP contribution in [0, 0.1) is 0 Å². The quantitative estimate of drug-likeness (QED) is 0.411. The third kappa shape index (κ3) is 4.79. The topological polar surface area (TPSA) is 0 Å². The summed E-state index contributed by atoms with van der Waals surface area (Å²) in [4.78, 5) is 0. The van der Waals surface area contributed by atoms with Crippen LogP contribution in [-0.4, -0.2) is 10.3 Å². The smallest absolute Gasteiger partial charge is 0.0134 e. The zero-order chi connectivity index (χ0) is 17.1. The Morgan fingerprint density at radius 2 is 1.13 bits per heavy atom. The van der Waals surface area contributed by atoms with E-state index in [0.29, 0.717) is 0 Å². The van der Waals surface area contributed by atoms with Crippen molar-refractivity contribution >= 4 is 19.3 Å². The zero-order valence-corrected chi connectivity index (χ0v) is 16.2. The predicted molar refractivity (Wildman–Crippen MR) is 107 cm³/mol. The van der Waals surface area contributed by atoms with Crippen molar-refractivity contribution in [1.29, 1.82) is 0 Å². The van der Waals surface area contributed by atoms with Gasteiger partial charge in [-0.2, -0.15) is 0 Å². The molecule has 0 aliphatic rings. The average Bonchev–Trinajstić information content (AvgIpc) is 2.46. The van der Waals surface area contributed by atoms with Gasteiger partial charge in [-0.25, -0.2) is 0 Å². The van der Waals surface area contributed by atoms with E-state index in [0.717, 1.165) is 0 Å². The van der Waals surface area contributed by atoms with Crippen LogP contribution in [0.2, 0.25) is 0 Å². The Morgan fingerprint density at radius 3 is 1.57 bits per heavy atom. The van der Waals surface area contributed by atoms with E-state index in [4.69, 9.17) is 0 Å². The van der Waals surface area contributed by atoms with E-state index in [1.165, 1.54) is 16.4 Å². The summed E-state index contributed by atoms with van der Waals surface area (Å²) >= 11 is 0. The van der Waals surface area contributed by atoms with Crippen LogP contribution < -0.4 is 0 Å². The van der Waals surface area contributed by atoms with Gasteiger partial charge in [-0.05, 0) is 32.8 Å². The van der Waals surface area contributed by atoms with Crippen molar-refractivity contribution in [3.8, 4) is 0 Å². The molecule has 0 atom stereocenters. The number of hydrogen-bond donors (Lipinski definition) is 0. The van der Waals surface area contributed by atoms with Gasteiger partial charge in [0.05, 0.1) is 0 Å². The fourth-order valence-corrected chi connectivity index (χ4v) is 7.47. The molecule has 23 heavy (non-hydrogen) atoms. The van der Waals surface area contributed by atoms with Gasteiger partial charge in [0.2, 0.25) is 0 Å². The SMILES string of the molecule is CC(C)(C)P(/C(=C/c1ccccc1)c1ccccc1)C(C)(C)C. The van der Waals surface area contributed by atoms with Crippen LogP contribution in [0.4, 0.5) is 0 Å². The molecule has 0 radical (unpaired) electrons. The van der Waals surface area contributed by atoms with Gasteiger partial charge in [0.25, 0.3) is 0 Å². The van der Waals surface area contributed by atoms with Gasteiger partial charge in [0, 0.05) is 0 Å². The van der Waals surface area contributed by atoms with Crippen molar-refractivity contribution in [2.75, 3.05) is 0 Å². The molecule has 0 amide bonds. The lowest BCUT2D eigenvalue weighted by molar-refractivity contribution is 0.715. The van der Waals surface area contributed by atoms with Crippen molar-refractivity contribution in [3.05, 3.63) is 71.8 Å². The largest absolute Gasteiger partial charge is 0.0636 e. The summed E-state index contributed by atoms with van der Waals surface area (Å²) in [5, 5.41) is 2.00. The minimum absolute atomic E-state index is 0.254. The Labute approximate surface area is 143 Å². The molecule has 0 saturated heterocycles. The third-order valence-electron chi connectivity index (χ3n) is 3.76. The lowest BCUT2D eigenvalue weighted by atomic mass is 10.1. The molecule has 122 valence electrons. The van der Waals surface area contributed by atoms with E-state index in [1.54, 1.807) is 0 Å². The monoisotopic (exact) mass is 324 g/mol. The van der Waals surface area contributed by atoms with E-state index in [-0.39, 0.29) is 18.2 Å². The second-order valence-electron chi connectivity index (χ2n) is 7.98. The predicted octanol–water partition coefficient (Wildman–Crippen LogP) is 7.26. The van der Waals surface area contributed by atoms with Gasteiger partial charge >= 0.3 is 0 Å². The Morgan fingerprint density at radius 1 is 0.696 bits per heavy atom. The zero-order valence-electron chi connectivity index (χ0n) is 15.3. The van der Waals surface area contributed by atoms with E-state index < -0.39 is 0 Å². The van der Waals surface area contributed by atoms with Crippen LogP contribution in [0.3, 0.4) is 0 Å². The molecule has 0 unspecified atom stereocenters. The molecule has 0 fully saturated rings. The summed E-state index contributed by atoms with van der Waals surface area (Å²) < 4.78 is 0. The molecule has 0 spiro atoms. The van der Waals surface area contributed by atoms with Crippen LogP contribution in [-0.2, 0) is 0 Å². The summed E-state index contributed by atoms with van der Waals surface area (Å²) in [7, 11) is -0.345. The fourth-order valence-electron chi connectivity index (χ4n) is 3.32. The second-order valence-corrected chi connectivity index (χ2v) is 11.8. The van der Waals surface area contributed by atoms with E-state index in [2.05, 4.69) is 108 Å². The maximum absolute atomic E-state index is 2.40. The Kier molecular flexibility index (Phi) is 5.48. The van der Waals surface area contributed by atoms with Gasteiger partial charge in [0.1, 0.15) is 0 Å². The Bertz CT molecular complexity index is 626. The standard InChI is InChI=1S/C22H29P/c1-21(2,3)23(22(4,5)6)20(19-15-11-8-12-16-19)17-18-13-9-7-10-14-18/h7-17H,1-6H3/b20-17+. The molecule has 0 aliphatic carbocycles. The number of benzene rings is 2. The van der Waals surface area contributed by atoms with Crippen LogP contribution in [0.15, 0.2) is 60.7 Å². The summed E-state index contributed by atoms with van der Waals surface area (Å²) in [6.07, 6.45) is 2.40. The summed E-state index contributed by atoms with van der Waals surface area (Å²) in [5.41, 5.74) is 2.64. The molecule has 2 aromatic rings. The normalized spacial score (nSPS) is 13.4. The molecular weight excluding hydrogens is 295 g/mol. The second kappa shape index (κ2) is 7.02. The molecule has 0 bridgehead atoms. The van der Waals surface area contributed by atoms with Gasteiger partial charge in [-0.3, -0.25) is 0 Å². The lowest BCUT2D eigenvalue weighted by Crippen LogP contribution is -2.25. The fraction of sp³-hybridized carbons (Fsp3) is 0.364. The minimum atomic E-state index is -0.345. The Balaban J connectivity index is 2.64.